The molecule has 1 aliphatic rings. The zero-order valence-electron chi connectivity index (χ0n) is 6.68. The molecule has 2 aromatic rings. The maximum atomic E-state index is 4.10. The summed E-state index contributed by atoms with van der Waals surface area (Å²) in [6.45, 7) is 0.657. The van der Waals surface area contributed by atoms with Crippen molar-refractivity contribution in [2.45, 2.75) is 6.54 Å². The van der Waals surface area contributed by atoms with Gasteiger partial charge in [0.15, 0.2) is 11.6 Å². The van der Waals surface area contributed by atoms with Crippen molar-refractivity contribution < 1.29 is 0 Å². The average Bonchev–Trinajstić information content (AvgIpc) is 2.65. The van der Waals surface area contributed by atoms with E-state index in [1.807, 2.05) is 4.57 Å². The van der Waals surface area contributed by atoms with Crippen LogP contribution >= 0.6 is 0 Å². The lowest BCUT2D eigenvalue weighted by molar-refractivity contribution is 0.841. The highest BCUT2D eigenvalue weighted by Gasteiger charge is 2.16. The van der Waals surface area contributed by atoms with Crippen LogP contribution in [0, 0.1) is 0 Å². The Kier molecular flexibility index (Phi) is 1.13. The summed E-state index contributed by atoms with van der Waals surface area (Å²) in [6, 6.07) is 0. The van der Waals surface area contributed by atoms with Crippen LogP contribution in [0.4, 0.5) is 5.82 Å². The van der Waals surface area contributed by atoms with E-state index >= 15 is 0 Å². The Balaban J connectivity index is 2.30. The molecule has 0 unspecified atom stereocenters. The van der Waals surface area contributed by atoms with Gasteiger partial charge in [0.05, 0.1) is 12.7 Å². The van der Waals surface area contributed by atoms with Crippen LogP contribution in [0.5, 0.6) is 0 Å². The van der Waals surface area contributed by atoms with Gasteiger partial charge in [0.1, 0.15) is 18.3 Å². The zero-order chi connectivity index (χ0) is 8.67. The highest BCUT2D eigenvalue weighted by Crippen LogP contribution is 2.21. The minimum absolute atomic E-state index is 0.657. The molecule has 0 aromatic carbocycles. The number of hydrogen-bond acceptors (Lipinski definition) is 5. The third-order valence-electron chi connectivity index (χ3n) is 1.98. The van der Waals surface area contributed by atoms with Crippen LogP contribution in [0.3, 0.4) is 0 Å². The maximum absolute atomic E-state index is 4.10. The van der Waals surface area contributed by atoms with Gasteiger partial charge in [-0.1, -0.05) is 0 Å². The summed E-state index contributed by atoms with van der Waals surface area (Å²) in [5.41, 5.74) is 0.897. The second-order valence-corrected chi connectivity index (χ2v) is 2.73. The lowest BCUT2D eigenvalue weighted by Gasteiger charge is -2.16. The molecule has 0 spiro atoms. The van der Waals surface area contributed by atoms with Gasteiger partial charge in [-0.15, -0.1) is 10.2 Å². The van der Waals surface area contributed by atoms with Crippen molar-refractivity contribution in [3.8, 4) is 5.69 Å². The molecule has 0 saturated carbocycles. The van der Waals surface area contributed by atoms with Crippen LogP contribution < -0.4 is 5.32 Å². The fourth-order valence-corrected chi connectivity index (χ4v) is 1.38. The SMILES string of the molecule is c1ncc2c(n1)NCc1nncn1-2. The van der Waals surface area contributed by atoms with Gasteiger partial charge in [-0.3, -0.25) is 4.57 Å². The molecule has 0 saturated heterocycles. The Bertz CT molecular complexity index is 448. The Morgan fingerprint density at radius 1 is 1.46 bits per heavy atom. The van der Waals surface area contributed by atoms with E-state index < -0.39 is 0 Å². The van der Waals surface area contributed by atoms with Crippen LogP contribution in [-0.4, -0.2) is 24.7 Å². The molecule has 2 aromatic heterocycles. The summed E-state index contributed by atoms with van der Waals surface area (Å²) in [7, 11) is 0. The molecule has 0 amide bonds. The summed E-state index contributed by atoms with van der Waals surface area (Å²) in [5.74, 6) is 1.70. The quantitative estimate of drug-likeness (QED) is 0.608. The maximum Gasteiger partial charge on any atom is 0.156 e. The fourth-order valence-electron chi connectivity index (χ4n) is 1.38. The van der Waals surface area contributed by atoms with Gasteiger partial charge in [0.25, 0.3) is 0 Å². The molecule has 1 N–H and O–H groups in total. The lowest BCUT2D eigenvalue weighted by Crippen LogP contribution is -2.16. The van der Waals surface area contributed by atoms with Gasteiger partial charge in [-0.25, -0.2) is 9.97 Å². The Hall–Kier alpha value is -1.98. The van der Waals surface area contributed by atoms with E-state index in [0.29, 0.717) is 6.54 Å². The smallest absolute Gasteiger partial charge is 0.156 e. The summed E-state index contributed by atoms with van der Waals surface area (Å²) in [6.07, 6.45) is 4.92. The molecular weight excluding hydrogens is 168 g/mol. The molecule has 3 heterocycles. The molecule has 0 fully saturated rings. The van der Waals surface area contributed by atoms with Crippen LogP contribution in [0.25, 0.3) is 5.69 Å². The number of aromatic nitrogens is 5. The molecule has 6 heteroatoms. The van der Waals surface area contributed by atoms with E-state index in [2.05, 4.69) is 25.5 Å². The van der Waals surface area contributed by atoms with Crippen molar-refractivity contribution in [1.82, 2.24) is 24.7 Å². The minimum Gasteiger partial charge on any atom is -0.361 e. The second kappa shape index (κ2) is 2.25. The lowest BCUT2D eigenvalue weighted by atomic mass is 10.3. The third-order valence-corrected chi connectivity index (χ3v) is 1.98. The molecular formula is C7H6N6. The summed E-state index contributed by atoms with van der Waals surface area (Å²) in [5, 5.41) is 10.9. The number of rotatable bonds is 0. The summed E-state index contributed by atoms with van der Waals surface area (Å²) < 4.78 is 1.88. The first-order valence-electron chi connectivity index (χ1n) is 3.88. The first-order chi connectivity index (χ1) is 6.45. The van der Waals surface area contributed by atoms with E-state index in [1.165, 1.54) is 6.33 Å². The van der Waals surface area contributed by atoms with Gasteiger partial charge in [0, 0.05) is 0 Å². The largest absolute Gasteiger partial charge is 0.361 e. The Labute approximate surface area is 73.7 Å². The summed E-state index contributed by atoms with van der Waals surface area (Å²) >= 11 is 0. The Morgan fingerprint density at radius 2 is 2.46 bits per heavy atom. The molecule has 64 valence electrons. The predicted molar refractivity (Wildman–Crippen MR) is 44.3 cm³/mol. The standard InChI is InChI=1S/C7H6N6/c1-5-7(10-3-8-1)9-2-6-12-11-4-13(5)6/h1,3-4H,2H2,(H,8,9,10). The first-order valence-corrected chi connectivity index (χ1v) is 3.88. The third kappa shape index (κ3) is 0.821. The normalized spacial score (nSPS) is 12.9. The van der Waals surface area contributed by atoms with Gasteiger partial charge in [-0.2, -0.15) is 0 Å². The molecule has 0 radical (unpaired) electrons. The van der Waals surface area contributed by atoms with Crippen molar-refractivity contribution in [2.75, 3.05) is 5.32 Å². The Morgan fingerprint density at radius 3 is 3.46 bits per heavy atom. The molecule has 0 aliphatic carbocycles. The number of nitrogens with one attached hydrogen (secondary N) is 1. The minimum atomic E-state index is 0.657. The van der Waals surface area contributed by atoms with E-state index in [1.54, 1.807) is 12.5 Å². The topological polar surface area (TPSA) is 68.5 Å². The fraction of sp³-hybridized carbons (Fsp3) is 0.143. The second-order valence-electron chi connectivity index (χ2n) is 2.73. The molecule has 6 nitrogen and oxygen atoms in total. The van der Waals surface area contributed by atoms with Crippen LogP contribution in [-0.2, 0) is 6.54 Å². The molecule has 3 rings (SSSR count). The van der Waals surface area contributed by atoms with Crippen molar-refractivity contribution in [1.29, 1.82) is 0 Å². The van der Waals surface area contributed by atoms with E-state index in [9.17, 15) is 0 Å². The zero-order valence-corrected chi connectivity index (χ0v) is 6.68. The first kappa shape index (κ1) is 6.53. The highest BCUT2D eigenvalue weighted by atomic mass is 15.3. The number of anilines is 1. The van der Waals surface area contributed by atoms with Crippen molar-refractivity contribution in [2.24, 2.45) is 0 Å². The van der Waals surface area contributed by atoms with Gasteiger partial charge in [0.2, 0.25) is 0 Å². The molecule has 0 atom stereocenters. The van der Waals surface area contributed by atoms with Gasteiger partial charge >= 0.3 is 0 Å². The molecule has 0 bridgehead atoms. The van der Waals surface area contributed by atoms with Gasteiger partial charge in [-0.05, 0) is 0 Å². The monoisotopic (exact) mass is 174 g/mol. The van der Waals surface area contributed by atoms with Crippen molar-refractivity contribution in [3.05, 3.63) is 24.7 Å². The van der Waals surface area contributed by atoms with Crippen LogP contribution in [0.2, 0.25) is 0 Å². The van der Waals surface area contributed by atoms with E-state index in [4.69, 9.17) is 0 Å². The number of fused-ring (bicyclic) bond motifs is 3. The van der Waals surface area contributed by atoms with E-state index in [0.717, 1.165) is 17.3 Å². The van der Waals surface area contributed by atoms with Crippen LogP contribution in [0.1, 0.15) is 5.82 Å². The summed E-state index contributed by atoms with van der Waals surface area (Å²) in [4.78, 5) is 8.05. The average molecular weight is 174 g/mol. The van der Waals surface area contributed by atoms with Gasteiger partial charge < -0.3 is 5.32 Å². The number of hydrogen-bond donors (Lipinski definition) is 1. The highest BCUT2D eigenvalue weighted by molar-refractivity contribution is 5.56. The molecule has 1 aliphatic heterocycles. The number of nitrogens with zero attached hydrogens (tertiary/aromatic N) is 5. The van der Waals surface area contributed by atoms with Crippen LogP contribution in [0.15, 0.2) is 18.9 Å². The van der Waals surface area contributed by atoms with E-state index in [-0.39, 0.29) is 0 Å². The van der Waals surface area contributed by atoms with Crippen molar-refractivity contribution >= 4 is 5.82 Å². The predicted octanol–water partition coefficient (Wildman–Crippen LogP) is -0.0172. The molecule has 13 heavy (non-hydrogen) atoms. The van der Waals surface area contributed by atoms with Crippen molar-refractivity contribution in [3.63, 3.8) is 0 Å².